The Hall–Kier alpha value is -13.3. The van der Waals surface area contributed by atoms with E-state index in [1.807, 2.05) is 146 Å². The van der Waals surface area contributed by atoms with E-state index in [4.69, 9.17) is 52.1 Å². The molecular weight excluding hydrogens is 1290 g/mol. The average Bonchev–Trinajstić information content (AvgIpc) is 1.53. The van der Waals surface area contributed by atoms with Gasteiger partial charge in [-0.1, -0.05) is 242 Å². The first-order valence-electron chi connectivity index (χ1n) is 44.4. The largest absolute Gasteiger partial charge is 0.456 e. The first-order valence-corrected chi connectivity index (χ1v) is 33.5. The van der Waals surface area contributed by atoms with Crippen molar-refractivity contribution in [2.24, 2.45) is 0 Å². The number of para-hydroxylation sites is 2. The van der Waals surface area contributed by atoms with Gasteiger partial charge >= 0.3 is 0 Å². The third kappa shape index (κ3) is 9.24. The monoisotopic (exact) mass is 1370 g/mol. The molecule has 8 heterocycles. The molecule has 0 saturated heterocycles. The zero-order chi connectivity index (χ0) is 88.7. The Balaban J connectivity index is 0.000000155. The van der Waals surface area contributed by atoms with E-state index < -0.39 is 138 Å². The molecule has 0 bridgehead atoms. The van der Waals surface area contributed by atoms with Crippen LogP contribution in [0.1, 0.15) is 34.3 Å². The molecule has 0 atom stereocenters. The summed E-state index contributed by atoms with van der Waals surface area (Å²) >= 11 is 1.87. The topological polar surface area (TPSA) is 113 Å². The van der Waals surface area contributed by atoms with Crippen molar-refractivity contribution < 1.29 is 43.1 Å². The van der Waals surface area contributed by atoms with Crippen molar-refractivity contribution in [2.75, 3.05) is 0 Å². The molecule has 22 rings (SSSR count). The Bertz CT molecular complexity index is 8710. The van der Waals surface area contributed by atoms with Gasteiger partial charge in [0.05, 0.1) is 56.3 Å². The SMILES string of the molecule is [2H]c1c([2H])c([2H])c(-c2nc(-c3ccc4c(c3)oc3cccc(-c5ccccc5)c34)nc(-n3c4c([2H])c([2H])c([2H])c([2H])c4c4c5sc6c([2H])c([2H])c([2H])c([2H])c6c5c([2H])c([2H])c43)n2)c([2H])c1[2H].[2H]c1c([2H])c([2H])c2c(sc3c2c([2H])c([2H])c2c3c3c([2H])c([2H])c([2H])c([2H])c3n2-c2nc(-c3ccccc3)nc(-c3ccc4c(c3)oc3cccc(-c5ccccc5)c34)n2)c1[2H]. The lowest BCUT2D eigenvalue weighted by molar-refractivity contribution is 0.668. The van der Waals surface area contributed by atoms with E-state index in [9.17, 15) is 11.0 Å². The summed E-state index contributed by atoms with van der Waals surface area (Å²) in [5, 5.41) is 3.65. The summed E-state index contributed by atoms with van der Waals surface area (Å²) < 4.78 is 237. The molecule has 102 heavy (non-hydrogen) atoms. The highest BCUT2D eigenvalue weighted by Gasteiger charge is 2.25. The summed E-state index contributed by atoms with van der Waals surface area (Å²) in [6.07, 6.45) is 0. The van der Waals surface area contributed by atoms with Gasteiger partial charge in [0, 0.05) is 106 Å². The van der Waals surface area contributed by atoms with Crippen LogP contribution in [-0.4, -0.2) is 39.0 Å². The molecule has 0 aliphatic rings. The molecule has 0 fully saturated rings. The van der Waals surface area contributed by atoms with Gasteiger partial charge in [0.1, 0.15) is 22.3 Å². The van der Waals surface area contributed by atoms with Crippen LogP contribution in [0.5, 0.6) is 0 Å². The standard InChI is InChI=1S/2C45H26N4OS/c2*1-3-12-27(13-4-1)30-18-11-20-37-40(30)34-23-22-29(26-38(34)50-37)44-46-43(28-14-5-2-6-15-28)47-45(48-44)49-35-19-9-7-17-33(35)41-36(49)25-24-32-31-16-8-10-21-39(31)51-42(32)41/h2*1-26H/i2D,5D,6D,7D,8D,9D,10D,14D,15D,16D,17D,19D,21D,24D,25D;7D,8D,9D,10D,16D,17D,19D,21D,24D,25D. The fourth-order valence-corrected chi connectivity index (χ4v) is 15.8. The summed E-state index contributed by atoms with van der Waals surface area (Å²) in [5.74, 6) is -0.579. The Morgan fingerprint density at radius 1 is 0.265 bits per heavy atom. The molecule has 10 nitrogen and oxygen atoms in total. The van der Waals surface area contributed by atoms with Gasteiger partial charge < -0.3 is 8.83 Å². The third-order valence-electron chi connectivity index (χ3n) is 18.0. The number of aromatic nitrogens is 8. The van der Waals surface area contributed by atoms with Crippen LogP contribution in [0.25, 0.3) is 208 Å². The number of benzene rings is 14. The molecule has 0 aliphatic heterocycles. The number of hydrogen-bond acceptors (Lipinski definition) is 10. The molecule has 22 aromatic rings. The second kappa shape index (κ2) is 23.2. The van der Waals surface area contributed by atoms with E-state index in [1.165, 1.54) is 4.57 Å². The maximum absolute atomic E-state index is 9.56. The zero-order valence-electron chi connectivity index (χ0n) is 77.3. The van der Waals surface area contributed by atoms with Gasteiger partial charge in [-0.3, -0.25) is 9.13 Å². The van der Waals surface area contributed by atoms with Crippen molar-refractivity contribution in [2.45, 2.75) is 0 Å². The third-order valence-corrected chi connectivity index (χ3v) is 20.3. The number of hydrogen-bond donors (Lipinski definition) is 0. The molecule has 8 aromatic heterocycles. The van der Waals surface area contributed by atoms with Gasteiger partial charge in [0.15, 0.2) is 23.3 Å². The summed E-state index contributed by atoms with van der Waals surface area (Å²) in [7, 11) is 0. The highest BCUT2D eigenvalue weighted by Crippen LogP contribution is 2.47. The molecule has 0 saturated carbocycles. The maximum atomic E-state index is 9.56. The van der Waals surface area contributed by atoms with Crippen LogP contribution in [0, 0.1) is 0 Å². The van der Waals surface area contributed by atoms with Gasteiger partial charge in [-0.2, -0.15) is 19.9 Å². The van der Waals surface area contributed by atoms with Gasteiger partial charge in [0.2, 0.25) is 11.9 Å². The number of rotatable bonds is 8. The zero-order valence-corrected chi connectivity index (χ0v) is 53.9. The minimum absolute atomic E-state index is 0.0126. The minimum atomic E-state index is -0.674. The second-order valence-electron chi connectivity index (χ2n) is 23.7. The highest BCUT2D eigenvalue weighted by atomic mass is 32.1. The van der Waals surface area contributed by atoms with E-state index in [0.717, 1.165) is 71.0 Å². The van der Waals surface area contributed by atoms with E-state index >= 15 is 0 Å². The molecular formula is C90H52N8O2S2. The lowest BCUT2D eigenvalue weighted by atomic mass is 9.99. The summed E-state index contributed by atoms with van der Waals surface area (Å²) in [6, 6.07) is 38.6. The summed E-state index contributed by atoms with van der Waals surface area (Å²) in [6.45, 7) is 0. The van der Waals surface area contributed by atoms with Crippen LogP contribution < -0.4 is 0 Å². The number of furan rings is 2. The first kappa shape index (κ1) is 38.2. The maximum Gasteiger partial charge on any atom is 0.238 e. The van der Waals surface area contributed by atoms with E-state index in [2.05, 4.69) is 16.0 Å². The second-order valence-corrected chi connectivity index (χ2v) is 25.8. The fourth-order valence-electron chi connectivity index (χ4n) is 13.6. The van der Waals surface area contributed by atoms with Crippen molar-refractivity contribution in [1.29, 1.82) is 0 Å². The van der Waals surface area contributed by atoms with Gasteiger partial charge in [-0.15, -0.1) is 22.7 Å². The molecule has 0 amide bonds. The molecule has 0 unspecified atom stereocenters. The summed E-state index contributed by atoms with van der Waals surface area (Å²) in [4.78, 5) is 28.9. The van der Waals surface area contributed by atoms with Crippen molar-refractivity contribution >= 4 is 151 Å². The summed E-state index contributed by atoms with van der Waals surface area (Å²) in [5.41, 5.74) is 6.87. The van der Waals surface area contributed by atoms with E-state index in [0.29, 0.717) is 39.0 Å². The molecule has 476 valence electrons. The fraction of sp³-hybridized carbons (Fsp3) is 0. The number of fused-ring (bicyclic) bond motifs is 20. The minimum Gasteiger partial charge on any atom is -0.456 e. The Kier molecular flexibility index (Phi) is 8.68. The normalized spacial score (nSPS) is 15.4. The van der Waals surface area contributed by atoms with Crippen molar-refractivity contribution in [3.63, 3.8) is 0 Å². The van der Waals surface area contributed by atoms with Crippen molar-refractivity contribution in [1.82, 2.24) is 39.0 Å². The number of thiophene rings is 2. The van der Waals surface area contributed by atoms with Crippen LogP contribution >= 0.6 is 22.7 Å². The van der Waals surface area contributed by atoms with Gasteiger partial charge in [-0.05, 0) is 94.9 Å². The Labute approximate surface area is 624 Å². The van der Waals surface area contributed by atoms with Gasteiger partial charge in [-0.25, -0.2) is 9.97 Å². The average molecular weight is 1370 g/mol. The molecule has 12 heteroatoms. The molecule has 0 N–H and O–H groups in total. The Morgan fingerprint density at radius 3 is 1.14 bits per heavy atom. The molecule has 0 aliphatic carbocycles. The lowest BCUT2D eigenvalue weighted by Gasteiger charge is -2.11. The Morgan fingerprint density at radius 2 is 0.667 bits per heavy atom. The lowest BCUT2D eigenvalue weighted by Crippen LogP contribution is -2.06. The first-order chi connectivity index (χ1) is 60.9. The predicted octanol–water partition coefficient (Wildman–Crippen LogP) is 24.5. The van der Waals surface area contributed by atoms with E-state index in [1.54, 1.807) is 12.1 Å². The quantitative estimate of drug-likeness (QED) is 0.148. The molecule has 0 spiro atoms. The van der Waals surface area contributed by atoms with Gasteiger partial charge in [0.25, 0.3) is 0 Å². The van der Waals surface area contributed by atoms with Crippen LogP contribution in [0.3, 0.4) is 0 Å². The van der Waals surface area contributed by atoms with Crippen molar-refractivity contribution in [3.05, 3.63) is 315 Å². The van der Waals surface area contributed by atoms with Crippen LogP contribution in [0.2, 0.25) is 0 Å². The molecule has 14 aromatic carbocycles. The predicted molar refractivity (Wildman–Crippen MR) is 421 cm³/mol. The van der Waals surface area contributed by atoms with E-state index in [-0.39, 0.29) is 138 Å². The van der Waals surface area contributed by atoms with Crippen LogP contribution in [0.4, 0.5) is 0 Å². The van der Waals surface area contributed by atoms with Crippen LogP contribution in [-0.2, 0) is 0 Å². The smallest absolute Gasteiger partial charge is 0.238 e. The van der Waals surface area contributed by atoms with Crippen molar-refractivity contribution in [3.8, 4) is 79.7 Å². The van der Waals surface area contributed by atoms with Crippen LogP contribution in [0.15, 0.2) is 324 Å². The number of nitrogens with zero attached hydrogens (tertiary/aromatic N) is 8. The molecule has 0 radical (unpaired) electrons. The highest BCUT2D eigenvalue weighted by molar-refractivity contribution is 7.27.